The van der Waals surface area contributed by atoms with Crippen LogP contribution < -0.4 is 11.1 Å². The molecule has 2 unspecified atom stereocenters. The van der Waals surface area contributed by atoms with Gasteiger partial charge in [-0.25, -0.2) is 0 Å². The van der Waals surface area contributed by atoms with Gasteiger partial charge in [0.05, 0.1) is 5.92 Å². The van der Waals surface area contributed by atoms with Crippen molar-refractivity contribution in [2.45, 2.75) is 38.1 Å². The summed E-state index contributed by atoms with van der Waals surface area (Å²) in [4.78, 5) is 17.1. The molecule has 0 aromatic heterocycles. The van der Waals surface area contributed by atoms with E-state index in [1.165, 1.54) is 0 Å². The van der Waals surface area contributed by atoms with Gasteiger partial charge in [-0.3, -0.25) is 9.69 Å². The number of amides is 1. The molecule has 1 saturated carbocycles. The molecule has 2 rings (SSSR count). The lowest BCUT2D eigenvalue weighted by molar-refractivity contribution is -0.128. The number of nitrogens with one attached hydrogen (secondary N) is 1. The monoisotopic (exact) mass is 282 g/mol. The fourth-order valence-corrected chi connectivity index (χ4v) is 3.32. The summed E-state index contributed by atoms with van der Waals surface area (Å²) >= 11 is 0. The molecule has 0 aromatic carbocycles. The molecule has 0 radical (unpaired) electrons. The Hall–Kier alpha value is -0.650. The molecule has 5 nitrogen and oxygen atoms in total. The number of carbonyl (C=O) groups is 1. The van der Waals surface area contributed by atoms with Crippen LogP contribution in [0.1, 0.15) is 32.6 Å². The summed E-state index contributed by atoms with van der Waals surface area (Å²) in [5, 5.41) is 3.09. The van der Waals surface area contributed by atoms with Gasteiger partial charge in [0.15, 0.2) is 0 Å². The number of rotatable bonds is 4. The zero-order chi connectivity index (χ0) is 14.6. The highest BCUT2D eigenvalue weighted by Gasteiger charge is 2.37. The Balaban J connectivity index is 1.69. The van der Waals surface area contributed by atoms with Crippen LogP contribution in [0, 0.1) is 5.92 Å². The molecule has 1 aliphatic carbocycles. The summed E-state index contributed by atoms with van der Waals surface area (Å²) in [6.07, 6.45) is 4.18. The van der Waals surface area contributed by atoms with Crippen molar-refractivity contribution in [1.29, 1.82) is 0 Å². The summed E-state index contributed by atoms with van der Waals surface area (Å²) < 4.78 is 0. The van der Waals surface area contributed by atoms with Crippen molar-refractivity contribution in [3.05, 3.63) is 0 Å². The number of nitrogens with two attached hydrogens (primary N) is 1. The van der Waals surface area contributed by atoms with Crippen molar-refractivity contribution in [2.24, 2.45) is 11.7 Å². The van der Waals surface area contributed by atoms with E-state index in [1.807, 2.05) is 6.92 Å². The van der Waals surface area contributed by atoms with Crippen molar-refractivity contribution in [1.82, 2.24) is 15.1 Å². The molecule has 1 aliphatic heterocycles. The van der Waals surface area contributed by atoms with Gasteiger partial charge in [-0.05, 0) is 26.8 Å². The molecule has 1 saturated heterocycles. The fourth-order valence-electron chi connectivity index (χ4n) is 3.32. The van der Waals surface area contributed by atoms with Crippen LogP contribution >= 0.6 is 0 Å². The van der Waals surface area contributed by atoms with E-state index in [1.54, 1.807) is 0 Å². The van der Waals surface area contributed by atoms with E-state index < -0.39 is 0 Å². The third-order valence-corrected chi connectivity index (χ3v) is 4.89. The molecule has 20 heavy (non-hydrogen) atoms. The SMILES string of the molecule is CN1CCN(CCNC(=O)C2CCCCC2(C)N)CC1. The van der Waals surface area contributed by atoms with Crippen molar-refractivity contribution in [3.8, 4) is 0 Å². The Morgan fingerprint density at radius 2 is 2.00 bits per heavy atom. The van der Waals surface area contributed by atoms with Crippen LogP contribution in [0.4, 0.5) is 0 Å². The standard InChI is InChI=1S/C15H30N4O/c1-15(16)6-4-3-5-13(15)14(20)17-7-8-19-11-9-18(2)10-12-19/h13H,3-12,16H2,1-2H3,(H,17,20). The minimum Gasteiger partial charge on any atom is -0.355 e. The summed E-state index contributed by atoms with van der Waals surface area (Å²) in [6.45, 7) is 8.17. The predicted molar refractivity (Wildman–Crippen MR) is 81.5 cm³/mol. The number of hydrogen-bond acceptors (Lipinski definition) is 4. The fraction of sp³-hybridized carbons (Fsp3) is 0.933. The Labute approximate surface area is 122 Å². The largest absolute Gasteiger partial charge is 0.355 e. The lowest BCUT2D eigenvalue weighted by Crippen LogP contribution is -2.54. The Kier molecular flexibility index (Phi) is 5.41. The number of piperazine rings is 1. The maximum Gasteiger partial charge on any atom is 0.225 e. The van der Waals surface area contributed by atoms with E-state index in [0.29, 0.717) is 0 Å². The van der Waals surface area contributed by atoms with Crippen LogP contribution in [0.15, 0.2) is 0 Å². The summed E-state index contributed by atoms with van der Waals surface area (Å²) in [6, 6.07) is 0. The number of likely N-dealkylation sites (N-methyl/N-ethyl adjacent to an activating group) is 1. The lowest BCUT2D eigenvalue weighted by atomic mass is 9.74. The molecule has 116 valence electrons. The first-order valence-electron chi connectivity index (χ1n) is 7.96. The molecule has 2 aliphatic rings. The number of carbonyl (C=O) groups excluding carboxylic acids is 1. The van der Waals surface area contributed by atoms with Gasteiger partial charge in [0.2, 0.25) is 5.91 Å². The first kappa shape index (κ1) is 15.7. The Bertz CT molecular complexity index is 324. The van der Waals surface area contributed by atoms with Gasteiger partial charge in [-0.2, -0.15) is 0 Å². The van der Waals surface area contributed by atoms with Gasteiger partial charge < -0.3 is 16.0 Å². The maximum absolute atomic E-state index is 12.3. The first-order chi connectivity index (χ1) is 9.49. The summed E-state index contributed by atoms with van der Waals surface area (Å²) in [7, 11) is 2.16. The molecular formula is C15H30N4O. The highest BCUT2D eigenvalue weighted by Crippen LogP contribution is 2.31. The molecular weight excluding hydrogens is 252 g/mol. The molecule has 2 atom stereocenters. The Morgan fingerprint density at radius 3 is 2.65 bits per heavy atom. The predicted octanol–water partition coefficient (Wildman–Crippen LogP) is 0.258. The van der Waals surface area contributed by atoms with Crippen LogP contribution in [-0.4, -0.2) is 67.6 Å². The molecule has 5 heteroatoms. The van der Waals surface area contributed by atoms with Crippen molar-refractivity contribution >= 4 is 5.91 Å². The van der Waals surface area contributed by atoms with Gasteiger partial charge in [-0.1, -0.05) is 12.8 Å². The third-order valence-electron chi connectivity index (χ3n) is 4.89. The zero-order valence-electron chi connectivity index (χ0n) is 13.0. The topological polar surface area (TPSA) is 61.6 Å². The average Bonchev–Trinajstić information content (AvgIpc) is 2.40. The van der Waals surface area contributed by atoms with E-state index in [4.69, 9.17) is 5.73 Å². The van der Waals surface area contributed by atoms with E-state index in [9.17, 15) is 4.79 Å². The van der Waals surface area contributed by atoms with E-state index in [0.717, 1.165) is 65.0 Å². The summed E-state index contributed by atoms with van der Waals surface area (Å²) in [5.74, 6) is 0.146. The molecule has 0 aromatic rings. The second-order valence-corrected chi connectivity index (χ2v) is 6.74. The molecule has 2 fully saturated rings. The Morgan fingerprint density at radius 1 is 1.30 bits per heavy atom. The number of nitrogens with zero attached hydrogens (tertiary/aromatic N) is 2. The van der Waals surface area contributed by atoms with Crippen LogP contribution in [0.5, 0.6) is 0 Å². The van der Waals surface area contributed by atoms with Crippen molar-refractivity contribution in [3.63, 3.8) is 0 Å². The first-order valence-corrected chi connectivity index (χ1v) is 7.96. The zero-order valence-corrected chi connectivity index (χ0v) is 13.0. The third kappa shape index (κ3) is 4.17. The molecule has 3 N–H and O–H groups in total. The highest BCUT2D eigenvalue weighted by molar-refractivity contribution is 5.80. The minimum absolute atomic E-state index is 0.0104. The van der Waals surface area contributed by atoms with Gasteiger partial charge in [0, 0.05) is 44.8 Å². The lowest BCUT2D eigenvalue weighted by Gasteiger charge is -2.37. The number of hydrogen-bond donors (Lipinski definition) is 2. The second-order valence-electron chi connectivity index (χ2n) is 6.74. The normalized spacial score (nSPS) is 33.0. The average molecular weight is 282 g/mol. The quantitative estimate of drug-likeness (QED) is 0.776. The van der Waals surface area contributed by atoms with E-state index >= 15 is 0 Å². The van der Waals surface area contributed by atoms with Crippen LogP contribution in [0.3, 0.4) is 0 Å². The van der Waals surface area contributed by atoms with Gasteiger partial charge >= 0.3 is 0 Å². The van der Waals surface area contributed by atoms with Crippen LogP contribution in [-0.2, 0) is 4.79 Å². The molecule has 0 bridgehead atoms. The second kappa shape index (κ2) is 6.87. The van der Waals surface area contributed by atoms with E-state index in [2.05, 4.69) is 22.2 Å². The maximum atomic E-state index is 12.3. The van der Waals surface area contributed by atoms with Gasteiger partial charge in [0.1, 0.15) is 0 Å². The van der Waals surface area contributed by atoms with Crippen molar-refractivity contribution in [2.75, 3.05) is 46.3 Å². The minimum atomic E-state index is -0.323. The highest BCUT2D eigenvalue weighted by atomic mass is 16.1. The van der Waals surface area contributed by atoms with Crippen molar-refractivity contribution < 1.29 is 4.79 Å². The van der Waals surface area contributed by atoms with Crippen LogP contribution in [0.25, 0.3) is 0 Å². The summed E-state index contributed by atoms with van der Waals surface area (Å²) in [5.41, 5.74) is 5.95. The van der Waals surface area contributed by atoms with Gasteiger partial charge in [-0.15, -0.1) is 0 Å². The smallest absolute Gasteiger partial charge is 0.225 e. The molecule has 1 amide bonds. The molecule has 0 spiro atoms. The van der Waals surface area contributed by atoms with E-state index in [-0.39, 0.29) is 17.4 Å². The molecule has 1 heterocycles. The van der Waals surface area contributed by atoms with Crippen LogP contribution in [0.2, 0.25) is 0 Å². The van der Waals surface area contributed by atoms with Gasteiger partial charge in [0.25, 0.3) is 0 Å².